The van der Waals surface area contributed by atoms with Crippen molar-refractivity contribution in [2.75, 3.05) is 0 Å². The van der Waals surface area contributed by atoms with Gasteiger partial charge in [0.1, 0.15) is 11.6 Å². The van der Waals surface area contributed by atoms with Crippen LogP contribution < -0.4 is 5.76 Å². The van der Waals surface area contributed by atoms with Crippen LogP contribution >= 0.6 is 0 Å². The number of pyridine rings is 1. The third-order valence-electron chi connectivity index (χ3n) is 2.87. The molecule has 0 spiro atoms. The van der Waals surface area contributed by atoms with Crippen LogP contribution in [0, 0.1) is 0 Å². The summed E-state index contributed by atoms with van der Waals surface area (Å²) < 4.78 is 43.4. The van der Waals surface area contributed by atoms with Gasteiger partial charge in [-0.05, 0) is 24.3 Å². The van der Waals surface area contributed by atoms with Gasteiger partial charge in [0.15, 0.2) is 5.58 Å². The van der Waals surface area contributed by atoms with Crippen LogP contribution in [0.2, 0.25) is 0 Å². The Morgan fingerprint density at radius 2 is 1.95 bits per heavy atom. The quantitative estimate of drug-likeness (QED) is 0.749. The molecule has 0 bridgehead atoms. The third-order valence-corrected chi connectivity index (χ3v) is 2.87. The lowest BCUT2D eigenvalue weighted by Crippen LogP contribution is -2.14. The Morgan fingerprint density at radius 3 is 2.57 bits per heavy atom. The van der Waals surface area contributed by atoms with Gasteiger partial charge in [-0.15, -0.1) is 0 Å². The first-order chi connectivity index (χ1) is 9.86. The van der Waals surface area contributed by atoms with Crippen LogP contribution in [-0.2, 0) is 6.18 Å². The summed E-state index contributed by atoms with van der Waals surface area (Å²) >= 11 is 0. The molecule has 2 aromatic heterocycles. The maximum Gasteiger partial charge on any atom is 0.425 e. The van der Waals surface area contributed by atoms with Crippen LogP contribution in [0.25, 0.3) is 16.9 Å². The normalized spacial score (nSPS) is 12.0. The molecule has 0 amide bonds. The molecule has 0 aliphatic carbocycles. The minimum absolute atomic E-state index is 0.00237. The monoisotopic (exact) mass is 296 g/mol. The van der Waals surface area contributed by atoms with E-state index in [1.54, 1.807) is 0 Å². The van der Waals surface area contributed by atoms with Crippen LogP contribution in [0.5, 0.6) is 5.75 Å². The van der Waals surface area contributed by atoms with E-state index in [2.05, 4.69) is 4.98 Å². The first kappa shape index (κ1) is 13.2. The molecule has 2 heterocycles. The predicted molar refractivity (Wildman–Crippen MR) is 66.3 cm³/mol. The maximum absolute atomic E-state index is 12.5. The Kier molecular flexibility index (Phi) is 2.75. The van der Waals surface area contributed by atoms with Gasteiger partial charge < -0.3 is 9.52 Å². The van der Waals surface area contributed by atoms with E-state index in [1.807, 2.05) is 0 Å². The number of oxazole rings is 1. The number of phenolic OH excluding ortho intramolecular Hbond substituents is 1. The fraction of sp³-hybridized carbons (Fsp3) is 0.0769. The second-order valence-corrected chi connectivity index (χ2v) is 4.26. The summed E-state index contributed by atoms with van der Waals surface area (Å²) in [4.78, 5) is 15.4. The van der Waals surface area contributed by atoms with Crippen LogP contribution in [0.15, 0.2) is 45.7 Å². The van der Waals surface area contributed by atoms with Crippen molar-refractivity contribution in [3.63, 3.8) is 0 Å². The zero-order valence-electron chi connectivity index (χ0n) is 10.3. The van der Waals surface area contributed by atoms with Crippen LogP contribution in [0.1, 0.15) is 5.56 Å². The lowest BCUT2D eigenvalue weighted by molar-refractivity contribution is -0.137. The molecule has 0 fully saturated rings. The van der Waals surface area contributed by atoms with Crippen LogP contribution in [0.4, 0.5) is 13.2 Å². The molecular formula is C13H7F3N2O3. The standard InChI is InChI=1S/C13H7F3N2O3/c14-13(15,16)7-1-4-11(17-6-7)18-9-3-2-8(19)5-10(9)21-12(18)20/h1-6,19H. The third kappa shape index (κ3) is 2.24. The number of rotatable bonds is 1. The van der Waals surface area contributed by atoms with Gasteiger partial charge in [-0.25, -0.2) is 14.3 Å². The largest absolute Gasteiger partial charge is 0.508 e. The van der Waals surface area contributed by atoms with Gasteiger partial charge >= 0.3 is 11.9 Å². The summed E-state index contributed by atoms with van der Waals surface area (Å²) in [5, 5.41) is 9.31. The summed E-state index contributed by atoms with van der Waals surface area (Å²) in [7, 11) is 0. The average Bonchev–Trinajstić information content (AvgIpc) is 2.73. The molecule has 3 rings (SSSR count). The number of aromatic hydroxyl groups is 1. The number of fused-ring (bicyclic) bond motifs is 1. The lowest BCUT2D eigenvalue weighted by atomic mass is 10.2. The fourth-order valence-electron chi connectivity index (χ4n) is 1.91. The van der Waals surface area contributed by atoms with Crippen molar-refractivity contribution >= 4 is 11.1 Å². The highest BCUT2D eigenvalue weighted by Gasteiger charge is 2.30. The van der Waals surface area contributed by atoms with Crippen molar-refractivity contribution in [3.05, 3.63) is 52.6 Å². The smallest absolute Gasteiger partial charge is 0.425 e. The molecule has 0 atom stereocenters. The van der Waals surface area contributed by atoms with Gasteiger partial charge in [0.05, 0.1) is 11.1 Å². The molecule has 21 heavy (non-hydrogen) atoms. The van der Waals surface area contributed by atoms with E-state index < -0.39 is 17.5 Å². The summed E-state index contributed by atoms with van der Waals surface area (Å²) in [6.45, 7) is 0. The number of hydrogen-bond acceptors (Lipinski definition) is 4. The van der Waals surface area contributed by atoms with Crippen molar-refractivity contribution in [2.24, 2.45) is 0 Å². The van der Waals surface area contributed by atoms with Crippen LogP contribution in [-0.4, -0.2) is 14.7 Å². The number of alkyl halides is 3. The summed E-state index contributed by atoms with van der Waals surface area (Å²) in [6, 6.07) is 5.88. The Balaban J connectivity index is 2.17. The Bertz CT molecular complexity index is 863. The first-order valence-corrected chi connectivity index (χ1v) is 5.74. The van der Waals surface area contributed by atoms with Crippen LogP contribution in [0.3, 0.4) is 0 Å². The highest BCUT2D eigenvalue weighted by molar-refractivity contribution is 5.76. The second-order valence-electron chi connectivity index (χ2n) is 4.26. The molecule has 0 aliphatic rings. The first-order valence-electron chi connectivity index (χ1n) is 5.74. The Hall–Kier alpha value is -2.77. The van der Waals surface area contributed by atoms with Crippen molar-refractivity contribution < 1.29 is 22.7 Å². The van der Waals surface area contributed by atoms with E-state index >= 15 is 0 Å². The molecule has 0 aliphatic heterocycles. The van der Waals surface area contributed by atoms with Gasteiger partial charge in [-0.3, -0.25) is 0 Å². The molecule has 1 aromatic carbocycles. The van der Waals surface area contributed by atoms with Crippen molar-refractivity contribution in [1.82, 2.24) is 9.55 Å². The van der Waals surface area contributed by atoms with E-state index in [0.29, 0.717) is 11.7 Å². The van der Waals surface area contributed by atoms with Gasteiger partial charge in [0.2, 0.25) is 0 Å². The SMILES string of the molecule is O=c1oc2cc(O)ccc2n1-c1ccc(C(F)(F)F)cn1. The molecule has 0 radical (unpaired) electrons. The zero-order valence-corrected chi connectivity index (χ0v) is 10.3. The van der Waals surface area contributed by atoms with E-state index in [-0.39, 0.29) is 17.2 Å². The number of aromatic nitrogens is 2. The van der Waals surface area contributed by atoms with E-state index in [0.717, 1.165) is 16.7 Å². The Morgan fingerprint density at radius 1 is 1.19 bits per heavy atom. The second kappa shape index (κ2) is 4.37. The molecule has 0 saturated heterocycles. The maximum atomic E-state index is 12.5. The molecule has 5 nitrogen and oxygen atoms in total. The number of benzene rings is 1. The molecule has 8 heteroatoms. The Labute approximate surface area is 114 Å². The van der Waals surface area contributed by atoms with E-state index in [4.69, 9.17) is 4.42 Å². The number of halogens is 3. The van der Waals surface area contributed by atoms with Crippen molar-refractivity contribution in [1.29, 1.82) is 0 Å². The predicted octanol–water partition coefficient (Wildman–Crippen LogP) is 2.70. The van der Waals surface area contributed by atoms with Gasteiger partial charge in [0.25, 0.3) is 0 Å². The van der Waals surface area contributed by atoms with Crippen molar-refractivity contribution in [2.45, 2.75) is 6.18 Å². The molecule has 0 unspecified atom stereocenters. The topological polar surface area (TPSA) is 68.3 Å². The van der Waals surface area contributed by atoms with Crippen molar-refractivity contribution in [3.8, 4) is 11.6 Å². The zero-order chi connectivity index (χ0) is 15.2. The average molecular weight is 296 g/mol. The number of phenols is 1. The highest BCUT2D eigenvalue weighted by atomic mass is 19.4. The summed E-state index contributed by atoms with van der Waals surface area (Å²) in [5.41, 5.74) is -0.503. The molecule has 0 saturated carbocycles. The fourth-order valence-corrected chi connectivity index (χ4v) is 1.91. The number of hydrogen-bond donors (Lipinski definition) is 1. The molecule has 108 valence electrons. The minimum atomic E-state index is -4.50. The van der Waals surface area contributed by atoms with Gasteiger partial charge in [-0.1, -0.05) is 0 Å². The van der Waals surface area contributed by atoms with Gasteiger partial charge in [-0.2, -0.15) is 13.2 Å². The molecule has 1 N–H and O–H groups in total. The number of nitrogens with zero attached hydrogens (tertiary/aromatic N) is 2. The van der Waals surface area contributed by atoms with E-state index in [1.165, 1.54) is 18.2 Å². The van der Waals surface area contributed by atoms with E-state index in [9.17, 15) is 23.1 Å². The van der Waals surface area contributed by atoms with Gasteiger partial charge in [0, 0.05) is 12.3 Å². The lowest BCUT2D eigenvalue weighted by Gasteiger charge is -2.07. The minimum Gasteiger partial charge on any atom is -0.508 e. The summed E-state index contributed by atoms with van der Waals surface area (Å²) in [6.07, 6.45) is -3.86. The molecular weight excluding hydrogens is 289 g/mol. The highest BCUT2D eigenvalue weighted by Crippen LogP contribution is 2.29. The molecule has 3 aromatic rings. The summed E-state index contributed by atoms with van der Waals surface area (Å²) in [5.74, 6) is -0.899.